The predicted octanol–water partition coefficient (Wildman–Crippen LogP) is 3.89. The maximum Gasteiger partial charge on any atom is 0.410 e. The fourth-order valence-corrected chi connectivity index (χ4v) is 8.42. The van der Waals surface area contributed by atoms with Gasteiger partial charge in [0.25, 0.3) is 5.56 Å². The topological polar surface area (TPSA) is 302 Å². The van der Waals surface area contributed by atoms with Crippen molar-refractivity contribution in [3.8, 4) is 0 Å². The molecule has 1 aliphatic heterocycles. The number of carboxylic acids is 1. The van der Waals surface area contributed by atoms with Crippen LogP contribution in [0.3, 0.4) is 0 Å². The van der Waals surface area contributed by atoms with E-state index in [2.05, 4.69) is 41.5 Å². The predicted molar refractivity (Wildman–Crippen MR) is 255 cm³/mol. The molecule has 22 nitrogen and oxygen atoms in total. The third-order valence-corrected chi connectivity index (χ3v) is 12.2. The molecule has 4 heterocycles. The fourth-order valence-electron chi connectivity index (χ4n) is 8.42. The number of carbonyl (C=O) groups is 7. The maximum absolute atomic E-state index is 13.6. The summed E-state index contributed by atoms with van der Waals surface area (Å²) in [6.07, 6.45) is 6.23. The second-order valence-corrected chi connectivity index (χ2v) is 17.5. The summed E-state index contributed by atoms with van der Waals surface area (Å²) in [5.74, 6) is -2.88. The Kier molecular flexibility index (Phi) is 17.2. The highest BCUT2D eigenvalue weighted by molar-refractivity contribution is 6.00. The van der Waals surface area contributed by atoms with Crippen LogP contribution in [-0.4, -0.2) is 116 Å². The van der Waals surface area contributed by atoms with Crippen LogP contribution in [-0.2, 0) is 30.5 Å². The number of Topliss-reactive ketones (excluding diaryl/α,β-unsaturated/α-hetero) is 1. The molecule has 1 aliphatic carbocycles. The number of anilines is 4. The van der Waals surface area contributed by atoms with Crippen molar-refractivity contribution in [1.82, 2.24) is 40.4 Å². The van der Waals surface area contributed by atoms with Gasteiger partial charge in [0.1, 0.15) is 30.2 Å². The smallest absolute Gasteiger partial charge is 0.410 e. The minimum atomic E-state index is -1.15. The summed E-state index contributed by atoms with van der Waals surface area (Å²) in [6, 6.07) is 7.43. The molecular formula is C47H60N12O10. The van der Waals surface area contributed by atoms with E-state index in [1.165, 1.54) is 6.92 Å². The van der Waals surface area contributed by atoms with Gasteiger partial charge in [0.15, 0.2) is 5.78 Å². The molecule has 3 aromatic heterocycles. The molecule has 0 unspecified atom stereocenters. The highest BCUT2D eigenvalue weighted by Gasteiger charge is 2.30. The number of pyridine rings is 2. The first-order valence-electron chi connectivity index (χ1n) is 23.1. The van der Waals surface area contributed by atoms with Crippen molar-refractivity contribution in [1.29, 1.82) is 0 Å². The number of fused-ring (bicyclic) bond motifs is 1. The third-order valence-electron chi connectivity index (χ3n) is 12.2. The van der Waals surface area contributed by atoms with Gasteiger partial charge in [-0.05, 0) is 80.8 Å². The molecule has 6 amide bonds. The van der Waals surface area contributed by atoms with Gasteiger partial charge in [-0.3, -0.25) is 33.3 Å². The number of piperazine rings is 1. The summed E-state index contributed by atoms with van der Waals surface area (Å²) >= 11 is 0. The monoisotopic (exact) mass is 952 g/mol. The van der Waals surface area contributed by atoms with E-state index in [1.54, 1.807) is 73.0 Å². The van der Waals surface area contributed by atoms with Crippen molar-refractivity contribution < 1.29 is 43.4 Å². The van der Waals surface area contributed by atoms with E-state index in [-0.39, 0.29) is 61.3 Å². The zero-order valence-corrected chi connectivity index (χ0v) is 39.2. The highest BCUT2D eigenvalue weighted by Crippen LogP contribution is 2.32. The number of nitrogens with one attached hydrogen (secondary N) is 5. The zero-order valence-electron chi connectivity index (χ0n) is 39.2. The SMILES string of the molecule is CC(=O)c1c(C)c2cnc(Nc3ccc(N4CCN(C(=O)OCc5ccc(NC(=O)[C@H](CCCNC(N)=O)NC(=O)[C@@H](NC(=O)CCC(=O)O)C(C)C)cc5)CC4)cn3)nc2n(C2CCCC2)c1=O. The van der Waals surface area contributed by atoms with Crippen molar-refractivity contribution in [2.45, 2.75) is 104 Å². The van der Waals surface area contributed by atoms with Gasteiger partial charge in [-0.2, -0.15) is 4.98 Å². The average Bonchev–Trinajstić information content (AvgIpc) is 3.85. The number of carboxylic acid groups (broad SMARTS) is 1. The van der Waals surface area contributed by atoms with Crippen molar-refractivity contribution in [3.63, 3.8) is 0 Å². The highest BCUT2D eigenvalue weighted by atomic mass is 16.6. The lowest BCUT2D eigenvalue weighted by molar-refractivity contribution is -0.139. The second-order valence-electron chi connectivity index (χ2n) is 17.5. The van der Waals surface area contributed by atoms with Crippen LogP contribution in [0.5, 0.6) is 0 Å². The van der Waals surface area contributed by atoms with Gasteiger partial charge < -0.3 is 52.0 Å². The summed E-state index contributed by atoms with van der Waals surface area (Å²) in [7, 11) is 0. The van der Waals surface area contributed by atoms with Gasteiger partial charge in [0.2, 0.25) is 23.7 Å². The molecule has 1 saturated heterocycles. The molecule has 0 radical (unpaired) electrons. The van der Waals surface area contributed by atoms with Crippen LogP contribution < -0.4 is 42.8 Å². The van der Waals surface area contributed by atoms with E-state index in [0.29, 0.717) is 59.8 Å². The number of nitrogens with zero attached hydrogens (tertiary/aromatic N) is 6. The first-order valence-corrected chi connectivity index (χ1v) is 23.1. The van der Waals surface area contributed by atoms with Crippen molar-refractivity contribution in [2.24, 2.45) is 11.7 Å². The van der Waals surface area contributed by atoms with E-state index in [0.717, 1.165) is 31.4 Å². The number of nitrogens with two attached hydrogens (primary N) is 1. The maximum atomic E-state index is 13.6. The molecule has 0 spiro atoms. The molecule has 2 aliphatic rings. The van der Waals surface area contributed by atoms with Crippen LogP contribution >= 0.6 is 0 Å². The minimum Gasteiger partial charge on any atom is -0.481 e. The second kappa shape index (κ2) is 23.4. The summed E-state index contributed by atoms with van der Waals surface area (Å²) in [4.78, 5) is 118. The Morgan fingerprint density at radius 3 is 2.23 bits per heavy atom. The van der Waals surface area contributed by atoms with Crippen LogP contribution in [0.4, 0.5) is 32.7 Å². The van der Waals surface area contributed by atoms with Crippen LogP contribution in [0.2, 0.25) is 0 Å². The lowest BCUT2D eigenvalue weighted by Crippen LogP contribution is -2.54. The molecule has 4 aromatic rings. The molecule has 22 heteroatoms. The first kappa shape index (κ1) is 50.8. The fraction of sp³-hybridized carbons (Fsp3) is 0.468. The van der Waals surface area contributed by atoms with E-state index in [9.17, 15) is 38.4 Å². The number of ether oxygens (including phenoxy) is 1. The largest absolute Gasteiger partial charge is 0.481 e. The van der Waals surface area contributed by atoms with Crippen LogP contribution in [0.1, 0.15) is 99.7 Å². The van der Waals surface area contributed by atoms with Crippen molar-refractivity contribution >= 4 is 75.8 Å². The molecule has 2 atom stereocenters. The Morgan fingerprint density at radius 2 is 1.61 bits per heavy atom. The van der Waals surface area contributed by atoms with Crippen LogP contribution in [0, 0.1) is 12.8 Å². The molecule has 1 aromatic carbocycles. The molecule has 69 heavy (non-hydrogen) atoms. The number of carbonyl (C=O) groups excluding carboxylic acids is 6. The number of hydrogen-bond acceptors (Lipinski definition) is 14. The Balaban J connectivity index is 0.986. The van der Waals surface area contributed by atoms with Gasteiger partial charge >= 0.3 is 18.1 Å². The number of ketones is 1. The molecule has 6 rings (SSSR count). The summed E-state index contributed by atoms with van der Waals surface area (Å²) < 4.78 is 7.28. The number of hydrogen-bond donors (Lipinski definition) is 7. The number of urea groups is 1. The van der Waals surface area contributed by atoms with Crippen molar-refractivity contribution in [2.75, 3.05) is 48.3 Å². The lowest BCUT2D eigenvalue weighted by atomic mass is 10.0. The molecule has 2 fully saturated rings. The van der Waals surface area contributed by atoms with E-state index in [4.69, 9.17) is 20.6 Å². The number of primary amides is 1. The zero-order chi connectivity index (χ0) is 49.8. The number of aromatic nitrogens is 4. The quantitative estimate of drug-likeness (QED) is 0.0488. The normalized spacial score (nSPS) is 14.7. The first-order chi connectivity index (χ1) is 33.0. The van der Waals surface area contributed by atoms with E-state index in [1.807, 2.05) is 6.07 Å². The summed E-state index contributed by atoms with van der Waals surface area (Å²) in [6.45, 7) is 8.57. The molecule has 368 valence electrons. The lowest BCUT2D eigenvalue weighted by Gasteiger charge is -2.35. The summed E-state index contributed by atoms with van der Waals surface area (Å²) in [5, 5.41) is 23.1. The van der Waals surface area contributed by atoms with Gasteiger partial charge in [0, 0.05) is 62.5 Å². The Morgan fingerprint density at radius 1 is 0.899 bits per heavy atom. The number of aryl methyl sites for hydroxylation is 1. The van der Waals surface area contributed by atoms with Crippen molar-refractivity contribution in [3.05, 3.63) is 75.8 Å². The summed E-state index contributed by atoms with van der Waals surface area (Å²) in [5.41, 5.74) is 7.99. The standard InChI is InChI=1S/C47H60N12O10/c1-27(2)40(55-37(61)17-18-38(62)63)43(65)53-35(10-7-19-49-45(48)67)42(64)52-31-13-11-30(12-14-31)26-69-47(68)58-22-20-57(21-23-58)33-15-16-36(50-24-33)54-46-51-25-34-28(3)39(29(4)60)44(66)59(41(34)56-46)32-8-5-6-9-32/h11-16,24-25,27,32,35,40H,5-10,17-23,26H2,1-4H3,(H,52,64)(H,53,65)(H,55,61)(H,62,63)(H3,48,49,67)(H,50,51,54,56)/t35-,40-/m0/s1. The van der Waals surface area contributed by atoms with Crippen LogP contribution in [0.25, 0.3) is 11.0 Å². The average molecular weight is 953 g/mol. The number of amides is 6. The van der Waals surface area contributed by atoms with Gasteiger partial charge in [-0.15, -0.1) is 0 Å². The van der Waals surface area contributed by atoms with E-state index >= 15 is 0 Å². The molecule has 1 saturated carbocycles. The van der Waals surface area contributed by atoms with Crippen LogP contribution in [0.15, 0.2) is 53.6 Å². The third kappa shape index (κ3) is 13.5. The van der Waals surface area contributed by atoms with Gasteiger partial charge in [-0.1, -0.05) is 38.8 Å². The number of aliphatic carboxylic acids is 1. The molecule has 0 bridgehead atoms. The number of benzene rings is 1. The number of rotatable bonds is 20. The minimum absolute atomic E-state index is 0.0232. The molecule has 8 N–H and O–H groups in total. The van der Waals surface area contributed by atoms with Gasteiger partial charge in [-0.25, -0.2) is 19.6 Å². The Hall–Kier alpha value is -7.65. The molecular weight excluding hydrogens is 893 g/mol. The Labute approximate surface area is 398 Å². The van der Waals surface area contributed by atoms with E-state index < -0.39 is 60.2 Å². The Bertz CT molecular complexity index is 2590. The van der Waals surface area contributed by atoms with Gasteiger partial charge in [0.05, 0.1) is 23.9 Å².